The number of aromatic nitrogens is 2. The third-order valence-electron chi connectivity index (χ3n) is 1.86. The molecule has 2 nitrogen and oxygen atoms in total. The standard InChI is InChI=1S/C9H9ClN2/c1-6-11-8-4-2-3-7(5-10)9(8)12-6/h2-4H,5H2,1H3,(H,11,12). The van der Waals surface area contributed by atoms with Gasteiger partial charge in [0.15, 0.2) is 0 Å². The first kappa shape index (κ1) is 7.62. The lowest BCUT2D eigenvalue weighted by Gasteiger charge is -1.94. The largest absolute Gasteiger partial charge is 0.342 e. The Balaban J connectivity index is 2.78. The molecular formula is C9H9ClN2. The molecule has 0 fully saturated rings. The molecule has 2 rings (SSSR count). The van der Waals surface area contributed by atoms with Gasteiger partial charge >= 0.3 is 0 Å². The van der Waals surface area contributed by atoms with Crippen LogP contribution in [0.1, 0.15) is 11.4 Å². The summed E-state index contributed by atoms with van der Waals surface area (Å²) < 4.78 is 0. The molecule has 1 heterocycles. The summed E-state index contributed by atoms with van der Waals surface area (Å²) in [6.45, 7) is 1.94. The quantitative estimate of drug-likeness (QED) is 0.672. The van der Waals surface area contributed by atoms with Crippen LogP contribution in [0.15, 0.2) is 18.2 Å². The Hall–Kier alpha value is -1.02. The van der Waals surface area contributed by atoms with Crippen LogP contribution in [-0.2, 0) is 5.88 Å². The van der Waals surface area contributed by atoms with Gasteiger partial charge in [-0.1, -0.05) is 12.1 Å². The van der Waals surface area contributed by atoms with E-state index >= 15 is 0 Å². The number of nitrogens with one attached hydrogen (secondary N) is 1. The van der Waals surface area contributed by atoms with Gasteiger partial charge in [0.05, 0.1) is 11.0 Å². The Labute approximate surface area is 75.6 Å². The summed E-state index contributed by atoms with van der Waals surface area (Å²) >= 11 is 5.76. The molecule has 0 spiro atoms. The summed E-state index contributed by atoms with van der Waals surface area (Å²) in [5, 5.41) is 0. The number of para-hydroxylation sites is 1. The van der Waals surface area contributed by atoms with Crippen molar-refractivity contribution in [3.63, 3.8) is 0 Å². The van der Waals surface area contributed by atoms with Gasteiger partial charge < -0.3 is 4.98 Å². The zero-order chi connectivity index (χ0) is 8.55. The number of imidazole rings is 1. The highest BCUT2D eigenvalue weighted by Crippen LogP contribution is 2.17. The predicted molar refractivity (Wildman–Crippen MR) is 50.4 cm³/mol. The minimum atomic E-state index is 0.516. The number of nitrogens with zero attached hydrogens (tertiary/aromatic N) is 1. The van der Waals surface area contributed by atoms with Gasteiger partial charge in [0.1, 0.15) is 5.82 Å². The van der Waals surface area contributed by atoms with E-state index < -0.39 is 0 Å². The maximum absolute atomic E-state index is 5.76. The smallest absolute Gasteiger partial charge is 0.104 e. The van der Waals surface area contributed by atoms with Gasteiger partial charge in [-0.2, -0.15) is 0 Å². The molecule has 3 heteroatoms. The minimum absolute atomic E-state index is 0.516. The SMILES string of the molecule is Cc1nc2c(CCl)cccc2[nH]1. The van der Waals surface area contributed by atoms with Crippen molar-refractivity contribution >= 4 is 22.6 Å². The van der Waals surface area contributed by atoms with Crippen LogP contribution in [0.25, 0.3) is 11.0 Å². The fourth-order valence-corrected chi connectivity index (χ4v) is 1.54. The van der Waals surface area contributed by atoms with Crippen molar-refractivity contribution in [3.8, 4) is 0 Å². The van der Waals surface area contributed by atoms with Crippen molar-refractivity contribution in [2.75, 3.05) is 0 Å². The fourth-order valence-electron chi connectivity index (χ4n) is 1.32. The lowest BCUT2D eigenvalue weighted by atomic mass is 10.2. The maximum atomic E-state index is 5.76. The van der Waals surface area contributed by atoms with E-state index in [1.54, 1.807) is 0 Å². The van der Waals surface area contributed by atoms with Crippen LogP contribution in [0.2, 0.25) is 0 Å². The number of benzene rings is 1. The second kappa shape index (κ2) is 2.79. The number of rotatable bonds is 1. The highest BCUT2D eigenvalue weighted by molar-refractivity contribution is 6.17. The molecule has 2 aromatic rings. The number of fused-ring (bicyclic) bond motifs is 1. The lowest BCUT2D eigenvalue weighted by Crippen LogP contribution is -1.79. The molecule has 1 aromatic heterocycles. The topological polar surface area (TPSA) is 28.7 Å². The molecule has 0 radical (unpaired) electrons. The monoisotopic (exact) mass is 180 g/mol. The van der Waals surface area contributed by atoms with Crippen LogP contribution in [0, 0.1) is 6.92 Å². The van der Waals surface area contributed by atoms with Crippen molar-refractivity contribution in [2.24, 2.45) is 0 Å². The van der Waals surface area contributed by atoms with E-state index in [9.17, 15) is 0 Å². The predicted octanol–water partition coefficient (Wildman–Crippen LogP) is 2.61. The Morgan fingerprint density at radius 3 is 3.08 bits per heavy atom. The van der Waals surface area contributed by atoms with Crippen molar-refractivity contribution in [2.45, 2.75) is 12.8 Å². The van der Waals surface area contributed by atoms with E-state index in [1.165, 1.54) is 0 Å². The summed E-state index contributed by atoms with van der Waals surface area (Å²) in [6, 6.07) is 5.98. The van der Waals surface area contributed by atoms with Crippen molar-refractivity contribution in [3.05, 3.63) is 29.6 Å². The van der Waals surface area contributed by atoms with Crippen molar-refractivity contribution < 1.29 is 0 Å². The Kier molecular flexibility index (Phi) is 1.77. The van der Waals surface area contributed by atoms with Crippen LogP contribution in [0.5, 0.6) is 0 Å². The second-order valence-corrected chi connectivity index (χ2v) is 3.04. The second-order valence-electron chi connectivity index (χ2n) is 2.77. The Bertz CT molecular complexity index is 406. The van der Waals surface area contributed by atoms with E-state index in [2.05, 4.69) is 9.97 Å². The lowest BCUT2D eigenvalue weighted by molar-refractivity contribution is 1.17. The van der Waals surface area contributed by atoms with Crippen molar-refractivity contribution in [1.29, 1.82) is 0 Å². The number of halogens is 1. The van der Waals surface area contributed by atoms with E-state index in [4.69, 9.17) is 11.6 Å². The number of hydrogen-bond donors (Lipinski definition) is 1. The van der Waals surface area contributed by atoms with Gasteiger partial charge in [-0.15, -0.1) is 11.6 Å². The van der Waals surface area contributed by atoms with Crippen LogP contribution in [0.3, 0.4) is 0 Å². The molecule has 1 N–H and O–H groups in total. The molecule has 0 aliphatic heterocycles. The van der Waals surface area contributed by atoms with Crippen LogP contribution in [-0.4, -0.2) is 9.97 Å². The number of aryl methyl sites for hydroxylation is 1. The molecule has 0 aliphatic rings. The first-order chi connectivity index (χ1) is 5.81. The first-order valence-corrected chi connectivity index (χ1v) is 4.35. The van der Waals surface area contributed by atoms with E-state index in [1.807, 2.05) is 25.1 Å². The summed E-state index contributed by atoms with van der Waals surface area (Å²) in [5.74, 6) is 1.45. The Morgan fingerprint density at radius 1 is 1.50 bits per heavy atom. The molecule has 0 saturated heterocycles. The summed E-state index contributed by atoms with van der Waals surface area (Å²) in [7, 11) is 0. The van der Waals surface area contributed by atoms with Gasteiger partial charge in [-0.05, 0) is 18.6 Å². The molecule has 12 heavy (non-hydrogen) atoms. The van der Waals surface area contributed by atoms with E-state index in [0.29, 0.717) is 5.88 Å². The van der Waals surface area contributed by atoms with E-state index in [-0.39, 0.29) is 0 Å². The van der Waals surface area contributed by atoms with Crippen LogP contribution in [0.4, 0.5) is 0 Å². The molecule has 62 valence electrons. The van der Waals surface area contributed by atoms with Gasteiger partial charge in [-0.3, -0.25) is 0 Å². The zero-order valence-corrected chi connectivity index (χ0v) is 7.52. The third-order valence-corrected chi connectivity index (χ3v) is 2.15. The Morgan fingerprint density at radius 2 is 2.33 bits per heavy atom. The van der Waals surface area contributed by atoms with E-state index in [0.717, 1.165) is 22.4 Å². The van der Waals surface area contributed by atoms with Gasteiger partial charge in [0, 0.05) is 5.88 Å². The van der Waals surface area contributed by atoms with Crippen LogP contribution >= 0.6 is 11.6 Å². The summed E-state index contributed by atoms with van der Waals surface area (Å²) in [6.07, 6.45) is 0. The zero-order valence-electron chi connectivity index (χ0n) is 6.76. The third kappa shape index (κ3) is 1.08. The number of hydrogen-bond acceptors (Lipinski definition) is 1. The number of alkyl halides is 1. The minimum Gasteiger partial charge on any atom is -0.342 e. The average molecular weight is 181 g/mol. The highest BCUT2D eigenvalue weighted by Gasteiger charge is 2.02. The fraction of sp³-hybridized carbons (Fsp3) is 0.222. The average Bonchev–Trinajstić information content (AvgIpc) is 2.44. The summed E-state index contributed by atoms with van der Waals surface area (Å²) in [4.78, 5) is 7.51. The molecule has 0 amide bonds. The van der Waals surface area contributed by atoms with Crippen molar-refractivity contribution in [1.82, 2.24) is 9.97 Å². The highest BCUT2D eigenvalue weighted by atomic mass is 35.5. The van der Waals surface area contributed by atoms with Gasteiger partial charge in [-0.25, -0.2) is 4.98 Å². The maximum Gasteiger partial charge on any atom is 0.104 e. The molecule has 0 bridgehead atoms. The number of H-pyrrole nitrogens is 1. The van der Waals surface area contributed by atoms with Crippen LogP contribution < -0.4 is 0 Å². The number of aromatic amines is 1. The molecule has 0 unspecified atom stereocenters. The molecular weight excluding hydrogens is 172 g/mol. The van der Waals surface area contributed by atoms with Gasteiger partial charge in [0.2, 0.25) is 0 Å². The molecule has 0 saturated carbocycles. The molecule has 0 atom stereocenters. The molecule has 1 aromatic carbocycles. The normalized spacial score (nSPS) is 10.8. The van der Waals surface area contributed by atoms with Gasteiger partial charge in [0.25, 0.3) is 0 Å². The summed E-state index contributed by atoms with van der Waals surface area (Å²) in [5.41, 5.74) is 3.13. The molecule has 0 aliphatic carbocycles. The first-order valence-electron chi connectivity index (χ1n) is 3.81.